The third-order valence-electron chi connectivity index (χ3n) is 3.84. The van der Waals surface area contributed by atoms with Crippen molar-refractivity contribution in [3.05, 3.63) is 54.1 Å². The number of imide groups is 1. The van der Waals surface area contributed by atoms with E-state index in [1.807, 2.05) is 28.7 Å². The fourth-order valence-corrected chi connectivity index (χ4v) is 4.37. The number of nitrogens with zero attached hydrogens (tertiary/aromatic N) is 3. The van der Waals surface area contributed by atoms with Gasteiger partial charge in [-0.25, -0.2) is 0 Å². The lowest BCUT2D eigenvalue weighted by molar-refractivity contribution is -0.117. The van der Waals surface area contributed by atoms with Gasteiger partial charge in [-0.2, -0.15) is 8.78 Å². The predicted molar refractivity (Wildman–Crippen MR) is 105 cm³/mol. The average molecular weight is 434 g/mol. The first kappa shape index (κ1) is 19.3. The van der Waals surface area contributed by atoms with Gasteiger partial charge in [-0.15, -0.1) is 10.2 Å². The summed E-state index contributed by atoms with van der Waals surface area (Å²) in [6.07, 6.45) is 0. The van der Waals surface area contributed by atoms with Gasteiger partial charge in [0.05, 0.1) is 16.0 Å². The second kappa shape index (κ2) is 8.13. The van der Waals surface area contributed by atoms with Crippen LogP contribution in [0.25, 0.3) is 15.2 Å². The molecule has 0 fully saturated rings. The van der Waals surface area contributed by atoms with Crippen LogP contribution in [0.1, 0.15) is 10.4 Å². The Balaban J connectivity index is 1.39. The second-order valence-corrected chi connectivity index (χ2v) is 7.69. The number of para-hydroxylation sites is 1. The number of alkyl halides is 2. The number of amides is 2. The molecule has 0 bridgehead atoms. The SMILES string of the molecule is O=C(CSc1nnc2sc3ccccc3n12)NC(=O)c1ccc(OC(F)F)cc1. The molecule has 0 saturated heterocycles. The smallest absolute Gasteiger partial charge is 0.387 e. The van der Waals surface area contributed by atoms with Gasteiger partial charge < -0.3 is 4.74 Å². The van der Waals surface area contributed by atoms with Crippen LogP contribution < -0.4 is 10.1 Å². The molecule has 2 amide bonds. The molecule has 0 unspecified atom stereocenters. The minimum atomic E-state index is -2.95. The molecule has 29 heavy (non-hydrogen) atoms. The zero-order valence-electron chi connectivity index (χ0n) is 14.5. The second-order valence-electron chi connectivity index (χ2n) is 5.74. The van der Waals surface area contributed by atoms with Gasteiger partial charge in [0.2, 0.25) is 10.9 Å². The summed E-state index contributed by atoms with van der Waals surface area (Å²) in [7, 11) is 0. The molecule has 2 aromatic carbocycles. The molecule has 0 radical (unpaired) electrons. The zero-order valence-corrected chi connectivity index (χ0v) is 16.2. The van der Waals surface area contributed by atoms with Gasteiger partial charge in [-0.1, -0.05) is 35.2 Å². The topological polar surface area (TPSA) is 85.6 Å². The summed E-state index contributed by atoms with van der Waals surface area (Å²) < 4.78 is 31.4. The minimum absolute atomic E-state index is 0.0384. The highest BCUT2D eigenvalue weighted by atomic mass is 32.2. The van der Waals surface area contributed by atoms with Crippen LogP contribution in [0.4, 0.5) is 8.78 Å². The number of hydrogen-bond acceptors (Lipinski definition) is 7. The third-order valence-corrected chi connectivity index (χ3v) is 5.78. The molecule has 11 heteroatoms. The standard InChI is InChI=1S/C18H12F2N4O3S2/c19-16(20)27-11-7-5-10(6-8-11)15(26)21-14(25)9-28-17-22-23-18-24(17)12-3-1-2-4-13(12)29-18/h1-8,16H,9H2,(H,21,25,26). The lowest BCUT2D eigenvalue weighted by atomic mass is 10.2. The molecule has 4 rings (SSSR count). The first-order valence-corrected chi connectivity index (χ1v) is 10.1. The van der Waals surface area contributed by atoms with E-state index >= 15 is 0 Å². The van der Waals surface area contributed by atoms with Crippen LogP contribution in [-0.4, -0.2) is 38.8 Å². The molecule has 0 aliphatic heterocycles. The van der Waals surface area contributed by atoms with E-state index in [2.05, 4.69) is 20.3 Å². The molecule has 0 atom stereocenters. The number of thioether (sulfide) groups is 1. The van der Waals surface area contributed by atoms with Crippen LogP contribution in [0.3, 0.4) is 0 Å². The molecule has 0 aliphatic carbocycles. The van der Waals surface area contributed by atoms with Crippen molar-refractivity contribution in [2.75, 3.05) is 5.75 Å². The van der Waals surface area contributed by atoms with Crippen molar-refractivity contribution in [1.82, 2.24) is 19.9 Å². The third kappa shape index (κ3) is 4.20. The molecule has 2 heterocycles. The highest BCUT2D eigenvalue weighted by Crippen LogP contribution is 2.29. The molecular weight excluding hydrogens is 422 g/mol. The Morgan fingerprint density at radius 3 is 2.66 bits per heavy atom. The molecule has 7 nitrogen and oxygen atoms in total. The maximum absolute atomic E-state index is 12.2. The lowest BCUT2D eigenvalue weighted by Crippen LogP contribution is -2.31. The van der Waals surface area contributed by atoms with Gasteiger partial charge in [-0.05, 0) is 36.4 Å². The summed E-state index contributed by atoms with van der Waals surface area (Å²) in [6.45, 7) is -2.95. The maximum Gasteiger partial charge on any atom is 0.387 e. The van der Waals surface area contributed by atoms with Gasteiger partial charge in [0.1, 0.15) is 5.75 Å². The van der Waals surface area contributed by atoms with E-state index in [9.17, 15) is 18.4 Å². The number of carbonyl (C=O) groups excluding carboxylic acids is 2. The lowest BCUT2D eigenvalue weighted by Gasteiger charge is -2.06. The highest BCUT2D eigenvalue weighted by Gasteiger charge is 2.16. The quantitative estimate of drug-likeness (QED) is 0.467. The predicted octanol–water partition coefficient (Wildman–Crippen LogP) is 3.59. The average Bonchev–Trinajstić information content (AvgIpc) is 3.25. The summed E-state index contributed by atoms with van der Waals surface area (Å²) in [4.78, 5) is 25.0. The molecule has 148 valence electrons. The molecular formula is C18H12F2N4O3S2. The number of hydrogen-bond donors (Lipinski definition) is 1. The fourth-order valence-electron chi connectivity index (χ4n) is 2.60. The van der Waals surface area contributed by atoms with E-state index in [4.69, 9.17) is 0 Å². The molecule has 4 aromatic rings. The molecule has 0 saturated carbocycles. The fraction of sp³-hybridized carbons (Fsp3) is 0.111. The van der Waals surface area contributed by atoms with Crippen molar-refractivity contribution in [3.63, 3.8) is 0 Å². The monoisotopic (exact) mass is 434 g/mol. The number of benzene rings is 2. The van der Waals surface area contributed by atoms with Gasteiger partial charge in [0.15, 0.2) is 5.16 Å². The van der Waals surface area contributed by atoms with Crippen LogP contribution in [-0.2, 0) is 4.79 Å². The molecule has 0 aliphatic rings. The van der Waals surface area contributed by atoms with Crippen molar-refractivity contribution in [2.45, 2.75) is 11.8 Å². The van der Waals surface area contributed by atoms with Crippen molar-refractivity contribution < 1.29 is 23.1 Å². The van der Waals surface area contributed by atoms with Gasteiger partial charge in [0, 0.05) is 5.56 Å². The summed E-state index contributed by atoms with van der Waals surface area (Å²) >= 11 is 2.65. The van der Waals surface area contributed by atoms with Crippen molar-refractivity contribution in [1.29, 1.82) is 0 Å². The number of halogens is 2. The Morgan fingerprint density at radius 2 is 1.90 bits per heavy atom. The number of aromatic nitrogens is 3. The van der Waals surface area contributed by atoms with E-state index in [0.717, 1.165) is 26.9 Å². The Labute approximate surface area is 170 Å². The number of nitrogens with one attached hydrogen (secondary N) is 1. The number of carbonyl (C=O) groups is 2. The van der Waals surface area contributed by atoms with Gasteiger partial charge >= 0.3 is 6.61 Å². The van der Waals surface area contributed by atoms with E-state index in [-0.39, 0.29) is 17.1 Å². The number of rotatable bonds is 6. The first-order chi connectivity index (χ1) is 14.0. The van der Waals surface area contributed by atoms with E-state index < -0.39 is 18.4 Å². The van der Waals surface area contributed by atoms with Crippen LogP contribution in [0.5, 0.6) is 5.75 Å². The van der Waals surface area contributed by atoms with Crippen LogP contribution in [0.15, 0.2) is 53.7 Å². The molecule has 2 aromatic heterocycles. The number of fused-ring (bicyclic) bond motifs is 3. The largest absolute Gasteiger partial charge is 0.435 e. The van der Waals surface area contributed by atoms with Gasteiger partial charge in [-0.3, -0.25) is 19.3 Å². The molecule has 1 N–H and O–H groups in total. The summed E-state index contributed by atoms with van der Waals surface area (Å²) in [5.74, 6) is -1.25. The normalized spacial score (nSPS) is 11.3. The summed E-state index contributed by atoms with van der Waals surface area (Å²) in [6, 6.07) is 12.8. The van der Waals surface area contributed by atoms with Crippen molar-refractivity contribution in [3.8, 4) is 5.75 Å². The Morgan fingerprint density at radius 1 is 1.14 bits per heavy atom. The molecule has 0 spiro atoms. The zero-order chi connectivity index (χ0) is 20.4. The van der Waals surface area contributed by atoms with Crippen LogP contribution in [0.2, 0.25) is 0 Å². The van der Waals surface area contributed by atoms with E-state index in [1.165, 1.54) is 35.6 Å². The first-order valence-electron chi connectivity index (χ1n) is 8.26. The highest BCUT2D eigenvalue weighted by molar-refractivity contribution is 7.99. The number of ether oxygens (including phenoxy) is 1. The van der Waals surface area contributed by atoms with Crippen LogP contribution >= 0.6 is 23.1 Å². The Kier molecular flexibility index (Phi) is 5.41. The number of thiazole rings is 1. The maximum atomic E-state index is 12.2. The Bertz CT molecular complexity index is 1190. The minimum Gasteiger partial charge on any atom is -0.435 e. The summed E-state index contributed by atoms with van der Waals surface area (Å²) in [5, 5.41) is 11.0. The van der Waals surface area contributed by atoms with Crippen molar-refractivity contribution >= 4 is 50.1 Å². The van der Waals surface area contributed by atoms with E-state index in [0.29, 0.717) is 5.16 Å². The van der Waals surface area contributed by atoms with E-state index in [1.54, 1.807) is 0 Å². The van der Waals surface area contributed by atoms with Crippen molar-refractivity contribution in [2.24, 2.45) is 0 Å². The van der Waals surface area contributed by atoms with Crippen LogP contribution in [0, 0.1) is 0 Å². The Hall–Kier alpha value is -3.05. The van der Waals surface area contributed by atoms with Gasteiger partial charge in [0.25, 0.3) is 5.91 Å². The summed E-state index contributed by atoms with van der Waals surface area (Å²) in [5.41, 5.74) is 1.10.